The lowest BCUT2D eigenvalue weighted by Crippen LogP contribution is -2.13. The molecule has 0 unspecified atom stereocenters. The Hall–Kier alpha value is -1.78. The maximum atomic E-state index is 5.55. The van der Waals surface area contributed by atoms with Gasteiger partial charge in [-0.15, -0.1) is 0 Å². The molecule has 0 saturated carbocycles. The molecule has 0 bridgehead atoms. The number of rotatable bonds is 1. The molecule has 16 heavy (non-hydrogen) atoms. The number of anilines is 1. The van der Waals surface area contributed by atoms with E-state index in [1.54, 1.807) is 10.7 Å². The van der Waals surface area contributed by atoms with Crippen molar-refractivity contribution in [3.8, 4) is 11.3 Å². The van der Waals surface area contributed by atoms with E-state index in [-0.39, 0.29) is 5.41 Å². The molecule has 2 rings (SSSR count). The molecule has 0 aliphatic carbocycles. The van der Waals surface area contributed by atoms with Crippen molar-refractivity contribution >= 4 is 5.82 Å². The van der Waals surface area contributed by atoms with Crippen molar-refractivity contribution in [3.63, 3.8) is 0 Å². The molecular formula is C11H16N4O. The second-order valence-corrected chi connectivity index (χ2v) is 4.93. The molecule has 0 saturated heterocycles. The van der Waals surface area contributed by atoms with Crippen LogP contribution in [0, 0.1) is 0 Å². The molecule has 0 aliphatic heterocycles. The lowest BCUT2D eigenvalue weighted by Gasteiger charge is -2.16. The van der Waals surface area contributed by atoms with Gasteiger partial charge in [-0.1, -0.05) is 25.9 Å². The summed E-state index contributed by atoms with van der Waals surface area (Å²) in [4.78, 5) is 0. The van der Waals surface area contributed by atoms with Crippen LogP contribution in [0.5, 0.6) is 0 Å². The van der Waals surface area contributed by atoms with Crippen molar-refractivity contribution < 1.29 is 4.52 Å². The average molecular weight is 220 g/mol. The van der Waals surface area contributed by atoms with Crippen molar-refractivity contribution in [2.45, 2.75) is 26.2 Å². The summed E-state index contributed by atoms with van der Waals surface area (Å²) < 4.78 is 6.94. The fourth-order valence-corrected chi connectivity index (χ4v) is 1.64. The van der Waals surface area contributed by atoms with Crippen molar-refractivity contribution in [2.75, 3.05) is 5.73 Å². The van der Waals surface area contributed by atoms with Crippen LogP contribution in [0.2, 0.25) is 0 Å². The smallest absolute Gasteiger partial charge is 0.172 e. The second kappa shape index (κ2) is 3.37. The van der Waals surface area contributed by atoms with Gasteiger partial charge in [0, 0.05) is 24.7 Å². The van der Waals surface area contributed by atoms with Gasteiger partial charge in [-0.3, -0.25) is 4.68 Å². The minimum atomic E-state index is -0.0435. The molecule has 2 heterocycles. The van der Waals surface area contributed by atoms with E-state index in [1.807, 2.05) is 13.2 Å². The zero-order chi connectivity index (χ0) is 11.9. The molecule has 5 nitrogen and oxygen atoms in total. The topological polar surface area (TPSA) is 69.9 Å². The van der Waals surface area contributed by atoms with Crippen molar-refractivity contribution in [2.24, 2.45) is 7.05 Å². The predicted octanol–water partition coefficient (Wildman–Crippen LogP) is 1.95. The molecule has 0 radical (unpaired) electrons. The van der Waals surface area contributed by atoms with Gasteiger partial charge in [0.1, 0.15) is 0 Å². The highest BCUT2D eigenvalue weighted by molar-refractivity contribution is 5.63. The standard InChI is InChI=1S/C11H16N4O/c1-11(2,3)10-7(6-15(4)13-10)8-5-9(12)14-16-8/h5-6H,1-4H3,(H2,12,14). The number of hydrogen-bond acceptors (Lipinski definition) is 4. The van der Waals surface area contributed by atoms with E-state index in [4.69, 9.17) is 10.3 Å². The van der Waals surface area contributed by atoms with Crippen molar-refractivity contribution in [3.05, 3.63) is 18.0 Å². The first-order valence-corrected chi connectivity index (χ1v) is 5.14. The van der Waals surface area contributed by atoms with E-state index in [2.05, 4.69) is 31.0 Å². The second-order valence-electron chi connectivity index (χ2n) is 4.93. The third-order valence-electron chi connectivity index (χ3n) is 2.33. The van der Waals surface area contributed by atoms with Crippen LogP contribution in [0.4, 0.5) is 5.82 Å². The maximum absolute atomic E-state index is 5.55. The Morgan fingerprint density at radius 1 is 1.38 bits per heavy atom. The summed E-state index contributed by atoms with van der Waals surface area (Å²) in [6.07, 6.45) is 1.92. The zero-order valence-corrected chi connectivity index (χ0v) is 9.98. The molecule has 2 N–H and O–H groups in total. The zero-order valence-electron chi connectivity index (χ0n) is 9.98. The van der Waals surface area contributed by atoms with Gasteiger partial charge in [-0.05, 0) is 0 Å². The predicted molar refractivity (Wildman–Crippen MR) is 61.8 cm³/mol. The average Bonchev–Trinajstić information content (AvgIpc) is 2.70. The molecule has 0 fully saturated rings. The van der Waals surface area contributed by atoms with Gasteiger partial charge in [0.05, 0.1) is 11.3 Å². The fraction of sp³-hybridized carbons (Fsp3) is 0.455. The summed E-state index contributed by atoms with van der Waals surface area (Å²) in [6.45, 7) is 6.33. The Labute approximate surface area is 94.2 Å². The van der Waals surface area contributed by atoms with E-state index < -0.39 is 0 Å². The van der Waals surface area contributed by atoms with Crippen LogP contribution in [0.15, 0.2) is 16.8 Å². The first kappa shape index (κ1) is 10.7. The van der Waals surface area contributed by atoms with Gasteiger partial charge >= 0.3 is 0 Å². The monoisotopic (exact) mass is 220 g/mol. The highest BCUT2D eigenvalue weighted by Crippen LogP contribution is 2.32. The van der Waals surface area contributed by atoms with E-state index in [0.717, 1.165) is 11.3 Å². The van der Waals surface area contributed by atoms with Gasteiger partial charge in [-0.25, -0.2) is 0 Å². The molecule has 2 aromatic rings. The number of aryl methyl sites for hydroxylation is 1. The van der Waals surface area contributed by atoms with Crippen molar-refractivity contribution in [1.29, 1.82) is 0 Å². The Kier molecular flexibility index (Phi) is 2.26. The Bertz CT molecular complexity index is 504. The van der Waals surface area contributed by atoms with E-state index >= 15 is 0 Å². The number of aromatic nitrogens is 3. The lowest BCUT2D eigenvalue weighted by atomic mass is 9.89. The Balaban J connectivity index is 2.57. The molecular weight excluding hydrogens is 204 g/mol. The summed E-state index contributed by atoms with van der Waals surface area (Å²) in [7, 11) is 1.89. The molecule has 2 aromatic heterocycles. The maximum Gasteiger partial charge on any atom is 0.172 e. The fourth-order valence-electron chi connectivity index (χ4n) is 1.64. The SMILES string of the molecule is Cn1cc(-c2cc(N)no2)c(C(C)(C)C)n1. The highest BCUT2D eigenvalue weighted by atomic mass is 16.5. The third kappa shape index (κ3) is 1.80. The van der Waals surface area contributed by atoms with Crippen LogP contribution in [-0.4, -0.2) is 14.9 Å². The molecule has 0 spiro atoms. The van der Waals surface area contributed by atoms with Crippen molar-refractivity contribution in [1.82, 2.24) is 14.9 Å². The highest BCUT2D eigenvalue weighted by Gasteiger charge is 2.24. The molecule has 86 valence electrons. The van der Waals surface area contributed by atoms with Gasteiger partial charge in [0.25, 0.3) is 0 Å². The molecule has 5 heteroatoms. The first-order valence-electron chi connectivity index (χ1n) is 5.14. The summed E-state index contributed by atoms with van der Waals surface area (Å²) in [6, 6.07) is 1.71. The molecule has 0 amide bonds. The summed E-state index contributed by atoms with van der Waals surface area (Å²) in [5.41, 5.74) is 7.43. The number of nitrogens with zero attached hydrogens (tertiary/aromatic N) is 3. The third-order valence-corrected chi connectivity index (χ3v) is 2.33. The van der Waals surface area contributed by atoms with Gasteiger partial charge in [-0.2, -0.15) is 5.10 Å². The number of nitrogens with two attached hydrogens (primary N) is 1. The Morgan fingerprint density at radius 3 is 2.56 bits per heavy atom. The van der Waals surface area contributed by atoms with Crippen LogP contribution in [-0.2, 0) is 12.5 Å². The first-order chi connectivity index (χ1) is 7.38. The van der Waals surface area contributed by atoms with E-state index in [0.29, 0.717) is 11.6 Å². The van der Waals surface area contributed by atoms with Crippen LogP contribution < -0.4 is 5.73 Å². The quantitative estimate of drug-likeness (QED) is 0.797. The van der Waals surface area contributed by atoms with Crippen LogP contribution in [0.1, 0.15) is 26.5 Å². The van der Waals surface area contributed by atoms with E-state index in [9.17, 15) is 0 Å². The largest absolute Gasteiger partial charge is 0.381 e. The van der Waals surface area contributed by atoms with Crippen LogP contribution >= 0.6 is 0 Å². The minimum Gasteiger partial charge on any atom is -0.381 e. The Morgan fingerprint density at radius 2 is 2.06 bits per heavy atom. The van der Waals surface area contributed by atoms with Gasteiger partial charge in [0.2, 0.25) is 0 Å². The summed E-state index contributed by atoms with van der Waals surface area (Å²) in [5, 5.41) is 8.15. The normalized spacial score (nSPS) is 12.0. The number of hydrogen-bond donors (Lipinski definition) is 1. The van der Waals surface area contributed by atoms with Crippen LogP contribution in [0.3, 0.4) is 0 Å². The molecule has 0 atom stereocenters. The van der Waals surface area contributed by atoms with Crippen LogP contribution in [0.25, 0.3) is 11.3 Å². The minimum absolute atomic E-state index is 0.0435. The molecule has 0 aliphatic rings. The lowest BCUT2D eigenvalue weighted by molar-refractivity contribution is 0.434. The van der Waals surface area contributed by atoms with E-state index in [1.165, 1.54) is 0 Å². The molecule has 0 aromatic carbocycles. The van der Waals surface area contributed by atoms with Gasteiger partial charge < -0.3 is 10.3 Å². The summed E-state index contributed by atoms with van der Waals surface area (Å²) in [5.74, 6) is 1.05. The summed E-state index contributed by atoms with van der Waals surface area (Å²) >= 11 is 0. The van der Waals surface area contributed by atoms with Gasteiger partial charge in [0.15, 0.2) is 11.6 Å². The number of nitrogen functional groups attached to an aromatic ring is 1.